The molecule has 3 heterocycles. The molecule has 0 bridgehead atoms. The van der Waals surface area contributed by atoms with E-state index in [1.807, 2.05) is 11.8 Å². The lowest BCUT2D eigenvalue weighted by Crippen LogP contribution is -2.52. The highest BCUT2D eigenvalue weighted by Crippen LogP contribution is 2.23. The van der Waals surface area contributed by atoms with E-state index in [-0.39, 0.29) is 17.7 Å². The zero-order valence-corrected chi connectivity index (χ0v) is 13.8. The molecule has 7 nitrogen and oxygen atoms in total. The van der Waals surface area contributed by atoms with Gasteiger partial charge in [-0.2, -0.15) is 0 Å². The first-order chi connectivity index (χ1) is 10.5. The number of anilines is 1. The molecule has 2 amide bonds. The second kappa shape index (κ2) is 6.20. The largest absolute Gasteiger partial charge is 0.346 e. The van der Waals surface area contributed by atoms with Crippen LogP contribution in [0.1, 0.15) is 17.8 Å². The van der Waals surface area contributed by atoms with Crippen molar-refractivity contribution in [1.82, 2.24) is 20.0 Å². The van der Waals surface area contributed by atoms with Crippen LogP contribution in [0.2, 0.25) is 0 Å². The maximum atomic E-state index is 12.6. The minimum absolute atomic E-state index is 0.0765. The summed E-state index contributed by atoms with van der Waals surface area (Å²) in [5.41, 5.74) is 0. The first-order valence-corrected chi connectivity index (χ1v) is 8.44. The normalized spacial score (nSPS) is 23.1. The average molecular weight is 323 g/mol. The highest BCUT2D eigenvalue weighted by atomic mass is 32.1. The summed E-state index contributed by atoms with van der Waals surface area (Å²) in [7, 11) is 1.80. The Morgan fingerprint density at radius 2 is 1.91 bits per heavy atom. The van der Waals surface area contributed by atoms with E-state index in [4.69, 9.17) is 0 Å². The first-order valence-electron chi connectivity index (χ1n) is 7.62. The number of amides is 2. The molecular formula is C14H21N5O2S. The number of carbonyl (C=O) groups is 2. The van der Waals surface area contributed by atoms with Gasteiger partial charge >= 0.3 is 0 Å². The number of likely N-dealkylation sites (tertiary alicyclic amines) is 1. The summed E-state index contributed by atoms with van der Waals surface area (Å²) in [6.45, 7) is 5.56. The number of piperazine rings is 1. The molecule has 0 radical (unpaired) electrons. The van der Waals surface area contributed by atoms with Gasteiger partial charge in [-0.3, -0.25) is 9.59 Å². The third-order valence-corrected chi connectivity index (χ3v) is 5.29. The van der Waals surface area contributed by atoms with Gasteiger partial charge in [0, 0.05) is 52.1 Å². The summed E-state index contributed by atoms with van der Waals surface area (Å²) < 4.78 is 0. The molecule has 2 fully saturated rings. The molecule has 2 aliphatic rings. The maximum absolute atomic E-state index is 12.6. The summed E-state index contributed by atoms with van der Waals surface area (Å²) in [5, 5.41) is 10.1. The van der Waals surface area contributed by atoms with Crippen LogP contribution in [0, 0.1) is 12.8 Å². The zero-order chi connectivity index (χ0) is 15.7. The Labute approximate surface area is 133 Å². The minimum Gasteiger partial charge on any atom is -0.346 e. The molecule has 120 valence electrons. The molecule has 0 N–H and O–H groups in total. The van der Waals surface area contributed by atoms with Gasteiger partial charge in [0.15, 0.2) is 0 Å². The SMILES string of the molecule is Cc1nnc(N2CCN(C(=O)C3CCN(C)C(=O)C3)CC2)s1. The fourth-order valence-electron chi connectivity index (χ4n) is 2.94. The molecule has 1 atom stereocenters. The molecule has 0 aliphatic carbocycles. The van der Waals surface area contributed by atoms with E-state index in [9.17, 15) is 9.59 Å². The van der Waals surface area contributed by atoms with Gasteiger partial charge in [0.25, 0.3) is 0 Å². The molecule has 1 aromatic rings. The Balaban J connectivity index is 1.55. The van der Waals surface area contributed by atoms with Gasteiger partial charge in [0.05, 0.1) is 0 Å². The third kappa shape index (κ3) is 3.06. The quantitative estimate of drug-likeness (QED) is 0.786. The first kappa shape index (κ1) is 15.2. The number of aryl methyl sites for hydroxylation is 1. The number of carbonyl (C=O) groups excluding carboxylic acids is 2. The summed E-state index contributed by atoms with van der Waals surface area (Å²) >= 11 is 1.58. The highest BCUT2D eigenvalue weighted by molar-refractivity contribution is 7.15. The van der Waals surface area contributed by atoms with E-state index in [2.05, 4.69) is 15.1 Å². The van der Waals surface area contributed by atoms with Gasteiger partial charge in [-0.1, -0.05) is 11.3 Å². The van der Waals surface area contributed by atoms with Crippen LogP contribution in [0.4, 0.5) is 5.13 Å². The van der Waals surface area contributed by atoms with Crippen molar-refractivity contribution in [2.45, 2.75) is 19.8 Å². The molecule has 8 heteroatoms. The number of piperidine rings is 1. The molecule has 0 saturated carbocycles. The van der Waals surface area contributed by atoms with Gasteiger partial charge in [-0.05, 0) is 13.3 Å². The highest BCUT2D eigenvalue weighted by Gasteiger charge is 2.33. The lowest BCUT2D eigenvalue weighted by Gasteiger charge is -2.37. The second-order valence-corrected chi connectivity index (χ2v) is 7.08. The molecule has 3 rings (SSSR count). The van der Waals surface area contributed by atoms with Crippen LogP contribution < -0.4 is 4.90 Å². The van der Waals surface area contributed by atoms with Crippen molar-refractivity contribution < 1.29 is 9.59 Å². The smallest absolute Gasteiger partial charge is 0.226 e. The lowest BCUT2D eigenvalue weighted by molar-refractivity contribution is -0.144. The third-order valence-electron chi connectivity index (χ3n) is 4.39. The van der Waals surface area contributed by atoms with Crippen molar-refractivity contribution in [2.75, 3.05) is 44.7 Å². The topological polar surface area (TPSA) is 69.6 Å². The van der Waals surface area contributed by atoms with E-state index < -0.39 is 0 Å². The van der Waals surface area contributed by atoms with Crippen LogP contribution >= 0.6 is 11.3 Å². The van der Waals surface area contributed by atoms with Crippen LogP contribution in [0.3, 0.4) is 0 Å². The number of rotatable bonds is 2. The van der Waals surface area contributed by atoms with Gasteiger partial charge in [-0.15, -0.1) is 10.2 Å². The van der Waals surface area contributed by atoms with E-state index >= 15 is 0 Å². The maximum Gasteiger partial charge on any atom is 0.226 e. The van der Waals surface area contributed by atoms with Crippen LogP contribution in [-0.2, 0) is 9.59 Å². The Morgan fingerprint density at radius 3 is 2.50 bits per heavy atom. The van der Waals surface area contributed by atoms with Crippen molar-refractivity contribution >= 4 is 28.3 Å². The summed E-state index contributed by atoms with van der Waals surface area (Å²) in [6, 6.07) is 0. The van der Waals surface area contributed by atoms with Crippen LogP contribution in [0.25, 0.3) is 0 Å². The number of nitrogens with zero attached hydrogens (tertiary/aromatic N) is 5. The number of hydrogen-bond donors (Lipinski definition) is 0. The Morgan fingerprint density at radius 1 is 1.18 bits per heavy atom. The lowest BCUT2D eigenvalue weighted by atomic mass is 9.95. The molecule has 2 aliphatic heterocycles. The fraction of sp³-hybridized carbons (Fsp3) is 0.714. The van der Waals surface area contributed by atoms with E-state index in [0.29, 0.717) is 26.1 Å². The molecule has 2 saturated heterocycles. The van der Waals surface area contributed by atoms with Crippen molar-refractivity contribution in [2.24, 2.45) is 5.92 Å². The number of hydrogen-bond acceptors (Lipinski definition) is 6. The van der Waals surface area contributed by atoms with Crippen LogP contribution in [0.15, 0.2) is 0 Å². The zero-order valence-electron chi connectivity index (χ0n) is 13.0. The van der Waals surface area contributed by atoms with E-state index in [1.54, 1.807) is 23.3 Å². The predicted octanol–water partition coefficient (Wildman–Crippen LogP) is 0.364. The van der Waals surface area contributed by atoms with E-state index in [0.717, 1.165) is 29.6 Å². The molecule has 1 unspecified atom stereocenters. The summed E-state index contributed by atoms with van der Waals surface area (Å²) in [5.74, 6) is 0.0705. The molecular weight excluding hydrogens is 302 g/mol. The van der Waals surface area contributed by atoms with Crippen molar-refractivity contribution in [1.29, 1.82) is 0 Å². The fourth-order valence-corrected chi connectivity index (χ4v) is 3.68. The molecule has 22 heavy (non-hydrogen) atoms. The predicted molar refractivity (Wildman–Crippen MR) is 83.8 cm³/mol. The minimum atomic E-state index is -0.140. The van der Waals surface area contributed by atoms with Crippen LogP contribution in [0.5, 0.6) is 0 Å². The summed E-state index contributed by atoms with van der Waals surface area (Å²) in [4.78, 5) is 30.1. The van der Waals surface area contributed by atoms with Gasteiger partial charge < -0.3 is 14.7 Å². The number of aromatic nitrogens is 2. The van der Waals surface area contributed by atoms with E-state index in [1.165, 1.54) is 0 Å². The van der Waals surface area contributed by atoms with Crippen molar-refractivity contribution in [3.05, 3.63) is 5.01 Å². The van der Waals surface area contributed by atoms with Gasteiger partial charge in [-0.25, -0.2) is 0 Å². The standard InChI is InChI=1S/C14H21N5O2S/c1-10-15-16-14(22-10)19-7-5-18(6-8-19)13(21)11-3-4-17(2)12(20)9-11/h11H,3-9H2,1-2H3. The Kier molecular flexibility index (Phi) is 4.28. The molecule has 0 aromatic carbocycles. The van der Waals surface area contributed by atoms with Crippen molar-refractivity contribution in [3.63, 3.8) is 0 Å². The molecule has 0 spiro atoms. The van der Waals surface area contributed by atoms with Crippen LogP contribution in [-0.4, -0.2) is 71.6 Å². The van der Waals surface area contributed by atoms with Gasteiger partial charge in [0.2, 0.25) is 16.9 Å². The monoisotopic (exact) mass is 323 g/mol. The molecule has 1 aromatic heterocycles. The van der Waals surface area contributed by atoms with Crippen molar-refractivity contribution in [3.8, 4) is 0 Å². The Bertz CT molecular complexity index is 567. The average Bonchev–Trinajstić information content (AvgIpc) is 2.96. The van der Waals surface area contributed by atoms with Gasteiger partial charge in [0.1, 0.15) is 5.01 Å². The summed E-state index contributed by atoms with van der Waals surface area (Å²) in [6.07, 6.45) is 1.13. The second-order valence-electron chi connectivity index (χ2n) is 5.92. The Hall–Kier alpha value is -1.70.